The van der Waals surface area contributed by atoms with Crippen LogP contribution in [-0.2, 0) is 9.53 Å². The summed E-state index contributed by atoms with van der Waals surface area (Å²) in [6, 6.07) is 0.0199. The third-order valence-corrected chi connectivity index (χ3v) is 2.27. The highest BCUT2D eigenvalue weighted by Gasteiger charge is 2.10. The highest BCUT2D eigenvalue weighted by atomic mass is 16.5. The second-order valence-electron chi connectivity index (χ2n) is 3.97. The van der Waals surface area contributed by atoms with Gasteiger partial charge in [-0.05, 0) is 13.3 Å². The van der Waals surface area contributed by atoms with Crippen LogP contribution in [0.25, 0.3) is 0 Å². The average Bonchev–Trinajstić information content (AvgIpc) is 2.24. The van der Waals surface area contributed by atoms with Crippen molar-refractivity contribution in [1.82, 2.24) is 10.6 Å². The zero-order valence-electron chi connectivity index (χ0n) is 10.5. The predicted octanol–water partition coefficient (Wildman–Crippen LogP) is -0.112. The van der Waals surface area contributed by atoms with Crippen molar-refractivity contribution in [3.63, 3.8) is 0 Å². The van der Waals surface area contributed by atoms with Gasteiger partial charge in [-0.3, -0.25) is 4.79 Å². The van der Waals surface area contributed by atoms with E-state index >= 15 is 0 Å². The van der Waals surface area contributed by atoms with Crippen molar-refractivity contribution in [1.29, 1.82) is 0 Å². The SMILES string of the molecule is CCCC(C)NC(=O)CNC(CO)COC. The van der Waals surface area contributed by atoms with E-state index in [2.05, 4.69) is 17.6 Å². The van der Waals surface area contributed by atoms with Gasteiger partial charge in [0.1, 0.15) is 0 Å². The van der Waals surface area contributed by atoms with E-state index in [0.29, 0.717) is 6.61 Å². The molecule has 5 heteroatoms. The number of methoxy groups -OCH3 is 1. The molecule has 2 atom stereocenters. The van der Waals surface area contributed by atoms with Crippen LogP contribution in [0.4, 0.5) is 0 Å². The molecule has 0 rings (SSSR count). The average molecular weight is 232 g/mol. The van der Waals surface area contributed by atoms with Gasteiger partial charge in [-0.2, -0.15) is 0 Å². The van der Waals surface area contributed by atoms with Crippen molar-refractivity contribution in [3.05, 3.63) is 0 Å². The standard InChI is InChI=1S/C11H24N2O3/c1-4-5-9(2)13-11(15)6-12-10(7-14)8-16-3/h9-10,12,14H,4-8H2,1-3H3,(H,13,15). The number of aliphatic hydroxyl groups is 1. The van der Waals surface area contributed by atoms with E-state index in [1.807, 2.05) is 6.92 Å². The molecule has 0 radical (unpaired) electrons. The molecule has 5 nitrogen and oxygen atoms in total. The number of carbonyl (C=O) groups excluding carboxylic acids is 1. The van der Waals surface area contributed by atoms with Crippen LogP contribution in [0.5, 0.6) is 0 Å². The van der Waals surface area contributed by atoms with Gasteiger partial charge in [0.15, 0.2) is 0 Å². The first-order valence-electron chi connectivity index (χ1n) is 5.76. The monoisotopic (exact) mass is 232 g/mol. The van der Waals surface area contributed by atoms with Crippen LogP contribution in [0.15, 0.2) is 0 Å². The van der Waals surface area contributed by atoms with Crippen molar-refractivity contribution in [2.45, 2.75) is 38.8 Å². The second-order valence-corrected chi connectivity index (χ2v) is 3.97. The Balaban J connectivity index is 3.70. The molecule has 0 aromatic heterocycles. The Hall–Kier alpha value is -0.650. The van der Waals surface area contributed by atoms with Gasteiger partial charge in [-0.25, -0.2) is 0 Å². The molecule has 1 amide bonds. The summed E-state index contributed by atoms with van der Waals surface area (Å²) in [6.07, 6.45) is 2.03. The van der Waals surface area contributed by atoms with E-state index in [-0.39, 0.29) is 31.1 Å². The van der Waals surface area contributed by atoms with E-state index in [9.17, 15) is 4.79 Å². The molecule has 0 aromatic carbocycles. The topological polar surface area (TPSA) is 70.6 Å². The lowest BCUT2D eigenvalue weighted by molar-refractivity contribution is -0.121. The zero-order valence-corrected chi connectivity index (χ0v) is 10.5. The summed E-state index contributed by atoms with van der Waals surface area (Å²) in [7, 11) is 1.56. The Labute approximate surface area is 97.6 Å². The van der Waals surface area contributed by atoms with E-state index in [4.69, 9.17) is 9.84 Å². The third-order valence-electron chi connectivity index (χ3n) is 2.27. The van der Waals surface area contributed by atoms with Gasteiger partial charge >= 0.3 is 0 Å². The van der Waals surface area contributed by atoms with Crippen LogP contribution < -0.4 is 10.6 Å². The molecule has 0 saturated heterocycles. The van der Waals surface area contributed by atoms with Gasteiger partial charge in [-0.1, -0.05) is 13.3 Å². The van der Waals surface area contributed by atoms with Crippen LogP contribution in [0, 0.1) is 0 Å². The molecule has 0 spiro atoms. The van der Waals surface area contributed by atoms with Crippen molar-refractivity contribution in [2.75, 3.05) is 26.9 Å². The van der Waals surface area contributed by atoms with E-state index in [0.717, 1.165) is 12.8 Å². The lowest BCUT2D eigenvalue weighted by atomic mass is 10.2. The lowest BCUT2D eigenvalue weighted by Gasteiger charge is -2.17. The van der Waals surface area contributed by atoms with Gasteiger partial charge in [-0.15, -0.1) is 0 Å². The van der Waals surface area contributed by atoms with Crippen LogP contribution >= 0.6 is 0 Å². The molecule has 0 heterocycles. The molecule has 96 valence electrons. The maximum atomic E-state index is 11.5. The predicted molar refractivity (Wildman–Crippen MR) is 63.3 cm³/mol. The molecule has 0 fully saturated rings. The van der Waals surface area contributed by atoms with Gasteiger partial charge < -0.3 is 20.5 Å². The van der Waals surface area contributed by atoms with Crippen molar-refractivity contribution < 1.29 is 14.6 Å². The smallest absolute Gasteiger partial charge is 0.234 e. The fourth-order valence-electron chi connectivity index (χ4n) is 1.45. The van der Waals surface area contributed by atoms with Crippen LogP contribution in [0.1, 0.15) is 26.7 Å². The summed E-state index contributed by atoms with van der Waals surface area (Å²) in [5.41, 5.74) is 0. The first-order valence-corrected chi connectivity index (χ1v) is 5.76. The molecule has 0 saturated carbocycles. The summed E-state index contributed by atoms with van der Waals surface area (Å²) in [4.78, 5) is 11.5. The van der Waals surface area contributed by atoms with Crippen molar-refractivity contribution in [3.8, 4) is 0 Å². The van der Waals surface area contributed by atoms with Gasteiger partial charge in [0, 0.05) is 13.2 Å². The number of rotatable bonds is 9. The number of carbonyl (C=O) groups is 1. The summed E-state index contributed by atoms with van der Waals surface area (Å²) < 4.78 is 4.89. The van der Waals surface area contributed by atoms with Gasteiger partial charge in [0.2, 0.25) is 5.91 Å². The van der Waals surface area contributed by atoms with E-state index in [1.54, 1.807) is 7.11 Å². The maximum Gasteiger partial charge on any atom is 0.234 e. The first kappa shape index (κ1) is 15.3. The number of ether oxygens (including phenoxy) is 1. The largest absolute Gasteiger partial charge is 0.395 e. The number of amides is 1. The fraction of sp³-hybridized carbons (Fsp3) is 0.909. The molecule has 3 N–H and O–H groups in total. The fourth-order valence-corrected chi connectivity index (χ4v) is 1.45. The minimum absolute atomic E-state index is 0.0361. The van der Waals surface area contributed by atoms with Crippen LogP contribution in [0.3, 0.4) is 0 Å². The molecular formula is C11H24N2O3. The summed E-state index contributed by atoms with van der Waals surface area (Å²) in [5, 5.41) is 14.8. The number of aliphatic hydroxyl groups excluding tert-OH is 1. The molecular weight excluding hydrogens is 208 g/mol. The Kier molecular flexibility index (Phi) is 9.18. The second kappa shape index (κ2) is 9.57. The molecule has 0 aliphatic rings. The molecule has 2 unspecified atom stereocenters. The Morgan fingerprint density at radius 2 is 2.19 bits per heavy atom. The highest BCUT2D eigenvalue weighted by molar-refractivity contribution is 5.78. The highest BCUT2D eigenvalue weighted by Crippen LogP contribution is 1.94. The van der Waals surface area contributed by atoms with Gasteiger partial charge in [0.05, 0.1) is 25.8 Å². The van der Waals surface area contributed by atoms with Crippen molar-refractivity contribution in [2.24, 2.45) is 0 Å². The maximum absolute atomic E-state index is 11.5. The number of nitrogens with one attached hydrogen (secondary N) is 2. The minimum Gasteiger partial charge on any atom is -0.395 e. The normalized spacial score (nSPS) is 14.5. The first-order chi connectivity index (χ1) is 7.63. The molecule has 0 aliphatic carbocycles. The molecule has 0 aromatic rings. The Morgan fingerprint density at radius 3 is 2.69 bits per heavy atom. The van der Waals surface area contributed by atoms with Crippen LogP contribution in [-0.4, -0.2) is 50.0 Å². The Morgan fingerprint density at radius 1 is 1.50 bits per heavy atom. The van der Waals surface area contributed by atoms with Crippen molar-refractivity contribution >= 4 is 5.91 Å². The summed E-state index contributed by atoms with van der Waals surface area (Å²) in [6.45, 7) is 4.64. The lowest BCUT2D eigenvalue weighted by Crippen LogP contribution is -2.45. The third kappa shape index (κ3) is 7.62. The van der Waals surface area contributed by atoms with Gasteiger partial charge in [0.25, 0.3) is 0 Å². The summed E-state index contributed by atoms with van der Waals surface area (Å²) >= 11 is 0. The zero-order chi connectivity index (χ0) is 12.4. The quantitative estimate of drug-likeness (QED) is 0.519. The number of hydrogen-bond acceptors (Lipinski definition) is 4. The number of hydrogen-bond donors (Lipinski definition) is 3. The summed E-state index contributed by atoms with van der Waals surface area (Å²) in [5.74, 6) is -0.0458. The molecule has 0 bridgehead atoms. The van der Waals surface area contributed by atoms with Crippen LogP contribution in [0.2, 0.25) is 0 Å². The van der Waals surface area contributed by atoms with E-state index in [1.165, 1.54) is 0 Å². The molecule has 16 heavy (non-hydrogen) atoms. The Bertz CT molecular complexity index is 188. The van der Waals surface area contributed by atoms with E-state index < -0.39 is 0 Å². The minimum atomic E-state index is -0.183. The molecule has 0 aliphatic heterocycles.